The van der Waals surface area contributed by atoms with Crippen LogP contribution in [-0.2, 0) is 4.74 Å². The minimum absolute atomic E-state index is 0.0807. The van der Waals surface area contributed by atoms with Gasteiger partial charge in [-0.05, 0) is 31.2 Å². The summed E-state index contributed by atoms with van der Waals surface area (Å²) in [4.78, 5) is 0. The molecule has 0 amide bonds. The van der Waals surface area contributed by atoms with Crippen LogP contribution in [-0.4, -0.2) is 33.4 Å². The van der Waals surface area contributed by atoms with E-state index in [-0.39, 0.29) is 6.10 Å². The Balaban J connectivity index is 1.90. The Morgan fingerprint density at radius 2 is 2.10 bits per heavy atom. The molecule has 0 radical (unpaired) electrons. The maximum Gasteiger partial charge on any atom is 0.179 e. The van der Waals surface area contributed by atoms with Gasteiger partial charge in [0, 0.05) is 25.5 Å². The maximum absolute atomic E-state index is 6.35. The van der Waals surface area contributed by atoms with Crippen LogP contribution in [0, 0.1) is 5.92 Å². The molecule has 2 aliphatic heterocycles. The van der Waals surface area contributed by atoms with E-state index in [0.29, 0.717) is 29.9 Å². The Labute approximate surface area is 124 Å². The SMILES string of the molecule is CNCC1CCOC1c1cc(Cl)c2c(c1)OCCCO2. The van der Waals surface area contributed by atoms with Gasteiger partial charge in [0.05, 0.1) is 24.3 Å². The van der Waals surface area contributed by atoms with Crippen molar-refractivity contribution < 1.29 is 14.2 Å². The molecule has 2 aliphatic rings. The average Bonchev–Trinajstić information content (AvgIpc) is 2.76. The summed E-state index contributed by atoms with van der Waals surface area (Å²) < 4.78 is 17.3. The molecule has 2 heterocycles. The molecule has 1 aromatic rings. The van der Waals surface area contributed by atoms with Crippen molar-refractivity contribution in [3.63, 3.8) is 0 Å². The van der Waals surface area contributed by atoms with Gasteiger partial charge in [-0.1, -0.05) is 11.6 Å². The Morgan fingerprint density at radius 1 is 1.25 bits per heavy atom. The van der Waals surface area contributed by atoms with Crippen molar-refractivity contribution in [3.8, 4) is 11.5 Å². The van der Waals surface area contributed by atoms with E-state index in [9.17, 15) is 0 Å². The molecule has 0 aromatic heterocycles. The molecule has 1 N–H and O–H groups in total. The lowest BCUT2D eigenvalue weighted by Gasteiger charge is -2.20. The summed E-state index contributed by atoms with van der Waals surface area (Å²) in [5.41, 5.74) is 1.08. The van der Waals surface area contributed by atoms with E-state index in [1.807, 2.05) is 19.2 Å². The molecule has 5 heteroatoms. The van der Waals surface area contributed by atoms with Gasteiger partial charge in [-0.25, -0.2) is 0 Å². The van der Waals surface area contributed by atoms with E-state index in [1.165, 1.54) is 0 Å². The minimum Gasteiger partial charge on any atom is -0.489 e. The van der Waals surface area contributed by atoms with Gasteiger partial charge in [-0.2, -0.15) is 0 Å². The number of fused-ring (bicyclic) bond motifs is 1. The first-order valence-electron chi connectivity index (χ1n) is 7.15. The summed E-state index contributed by atoms with van der Waals surface area (Å²) in [6.07, 6.45) is 2.03. The van der Waals surface area contributed by atoms with Crippen LogP contribution in [0.15, 0.2) is 12.1 Å². The van der Waals surface area contributed by atoms with E-state index < -0.39 is 0 Å². The average molecular weight is 298 g/mol. The standard InChI is InChI=1S/C15H20ClNO3/c1-17-9-10-3-6-20-14(10)11-7-12(16)15-13(8-11)18-4-2-5-19-15/h7-8,10,14,17H,2-6,9H2,1H3. The highest BCUT2D eigenvalue weighted by atomic mass is 35.5. The fourth-order valence-corrected chi connectivity index (χ4v) is 3.16. The lowest BCUT2D eigenvalue weighted by atomic mass is 9.95. The predicted molar refractivity (Wildman–Crippen MR) is 77.8 cm³/mol. The number of halogens is 1. The van der Waals surface area contributed by atoms with E-state index in [0.717, 1.165) is 37.3 Å². The Kier molecular flexibility index (Phi) is 4.34. The third kappa shape index (κ3) is 2.73. The fourth-order valence-electron chi connectivity index (χ4n) is 2.89. The van der Waals surface area contributed by atoms with Gasteiger partial charge in [0.2, 0.25) is 0 Å². The largest absolute Gasteiger partial charge is 0.489 e. The van der Waals surface area contributed by atoms with Crippen LogP contribution in [0.4, 0.5) is 0 Å². The first-order chi connectivity index (χ1) is 9.79. The van der Waals surface area contributed by atoms with E-state index in [4.69, 9.17) is 25.8 Å². The highest BCUT2D eigenvalue weighted by molar-refractivity contribution is 6.32. The van der Waals surface area contributed by atoms with Crippen molar-refractivity contribution in [2.45, 2.75) is 18.9 Å². The van der Waals surface area contributed by atoms with Crippen LogP contribution >= 0.6 is 11.6 Å². The highest BCUT2D eigenvalue weighted by Crippen LogP contribution is 2.43. The van der Waals surface area contributed by atoms with Crippen molar-refractivity contribution >= 4 is 11.6 Å². The molecular weight excluding hydrogens is 278 g/mol. The number of benzene rings is 1. The van der Waals surface area contributed by atoms with E-state index in [1.54, 1.807) is 0 Å². The number of rotatable bonds is 3. The molecule has 2 unspecified atom stereocenters. The monoisotopic (exact) mass is 297 g/mol. The minimum atomic E-state index is 0.0807. The highest BCUT2D eigenvalue weighted by Gasteiger charge is 2.30. The van der Waals surface area contributed by atoms with Gasteiger partial charge in [0.25, 0.3) is 0 Å². The summed E-state index contributed by atoms with van der Waals surface area (Å²) in [7, 11) is 1.97. The van der Waals surface area contributed by atoms with Crippen molar-refractivity contribution in [3.05, 3.63) is 22.7 Å². The second-order valence-electron chi connectivity index (χ2n) is 5.28. The van der Waals surface area contributed by atoms with Crippen LogP contribution in [0.25, 0.3) is 0 Å². The van der Waals surface area contributed by atoms with Crippen molar-refractivity contribution in [1.82, 2.24) is 5.32 Å². The normalized spacial score (nSPS) is 25.5. The van der Waals surface area contributed by atoms with Crippen molar-refractivity contribution in [1.29, 1.82) is 0 Å². The first kappa shape index (κ1) is 14.0. The summed E-state index contributed by atoms with van der Waals surface area (Å²) in [6.45, 7) is 3.05. The van der Waals surface area contributed by atoms with Crippen LogP contribution < -0.4 is 14.8 Å². The van der Waals surface area contributed by atoms with Gasteiger partial charge in [0.1, 0.15) is 0 Å². The van der Waals surface area contributed by atoms with Crippen molar-refractivity contribution in [2.24, 2.45) is 5.92 Å². The van der Waals surface area contributed by atoms with Crippen LogP contribution in [0.3, 0.4) is 0 Å². The molecule has 4 nitrogen and oxygen atoms in total. The van der Waals surface area contributed by atoms with Gasteiger partial charge >= 0.3 is 0 Å². The molecule has 20 heavy (non-hydrogen) atoms. The molecule has 1 saturated heterocycles. The Hall–Kier alpha value is -0.970. The fraction of sp³-hybridized carbons (Fsp3) is 0.600. The summed E-state index contributed by atoms with van der Waals surface area (Å²) in [5, 5.41) is 3.84. The maximum atomic E-state index is 6.35. The van der Waals surface area contributed by atoms with Gasteiger partial charge < -0.3 is 19.5 Å². The number of hydrogen-bond donors (Lipinski definition) is 1. The predicted octanol–water partition coefficient (Wildman–Crippen LogP) is 2.80. The third-order valence-electron chi connectivity index (χ3n) is 3.83. The van der Waals surface area contributed by atoms with Crippen LogP contribution in [0.5, 0.6) is 11.5 Å². The molecule has 110 valence electrons. The zero-order chi connectivity index (χ0) is 13.9. The number of hydrogen-bond acceptors (Lipinski definition) is 4. The smallest absolute Gasteiger partial charge is 0.179 e. The second kappa shape index (κ2) is 6.20. The van der Waals surface area contributed by atoms with Crippen LogP contribution in [0.2, 0.25) is 5.02 Å². The number of nitrogens with one attached hydrogen (secondary N) is 1. The zero-order valence-electron chi connectivity index (χ0n) is 11.7. The van der Waals surface area contributed by atoms with Crippen LogP contribution in [0.1, 0.15) is 24.5 Å². The molecule has 1 fully saturated rings. The molecule has 2 atom stereocenters. The molecule has 0 spiro atoms. The summed E-state index contributed by atoms with van der Waals surface area (Å²) in [6, 6.07) is 3.97. The Morgan fingerprint density at radius 3 is 2.95 bits per heavy atom. The first-order valence-corrected chi connectivity index (χ1v) is 7.52. The quantitative estimate of drug-likeness (QED) is 0.931. The summed E-state index contributed by atoms with van der Waals surface area (Å²) in [5.74, 6) is 1.88. The van der Waals surface area contributed by atoms with Gasteiger partial charge in [0.15, 0.2) is 11.5 Å². The molecule has 3 rings (SSSR count). The second-order valence-corrected chi connectivity index (χ2v) is 5.69. The van der Waals surface area contributed by atoms with Gasteiger partial charge in [-0.3, -0.25) is 0 Å². The van der Waals surface area contributed by atoms with Gasteiger partial charge in [-0.15, -0.1) is 0 Å². The number of ether oxygens (including phenoxy) is 3. The lowest BCUT2D eigenvalue weighted by molar-refractivity contribution is 0.0907. The topological polar surface area (TPSA) is 39.7 Å². The molecule has 0 bridgehead atoms. The molecule has 0 aliphatic carbocycles. The molecular formula is C15H20ClNO3. The van der Waals surface area contributed by atoms with E-state index in [2.05, 4.69) is 5.32 Å². The molecule has 0 saturated carbocycles. The van der Waals surface area contributed by atoms with E-state index >= 15 is 0 Å². The summed E-state index contributed by atoms with van der Waals surface area (Å²) >= 11 is 6.35. The van der Waals surface area contributed by atoms with Crippen molar-refractivity contribution in [2.75, 3.05) is 33.4 Å². The lowest BCUT2D eigenvalue weighted by Crippen LogP contribution is -2.21. The zero-order valence-corrected chi connectivity index (χ0v) is 12.4. The third-order valence-corrected chi connectivity index (χ3v) is 4.11. The molecule has 1 aromatic carbocycles. The Bertz CT molecular complexity index is 480.